The summed E-state index contributed by atoms with van der Waals surface area (Å²) in [4.78, 5) is 23.1. The average Bonchev–Trinajstić information content (AvgIpc) is 3.37. The maximum absolute atomic E-state index is 13.6. The van der Waals surface area contributed by atoms with Gasteiger partial charge >= 0.3 is 10.5 Å². The SMILES string of the molecule is COc1ccc(Cn2c(N3CCC[C@H]3C(F)(F)F)nc3sc([S+](C)[O-])nc3c2=O)cc1. The van der Waals surface area contributed by atoms with Crippen LogP contribution in [0.4, 0.5) is 19.1 Å². The Morgan fingerprint density at radius 1 is 1.29 bits per heavy atom. The first kappa shape index (κ1) is 21.9. The highest BCUT2D eigenvalue weighted by molar-refractivity contribution is 7.92. The molecule has 0 bridgehead atoms. The third kappa shape index (κ3) is 4.23. The first-order valence-electron chi connectivity index (χ1n) is 9.40. The van der Waals surface area contributed by atoms with Crippen LogP contribution in [0.25, 0.3) is 10.3 Å². The third-order valence-corrected chi connectivity index (χ3v) is 7.39. The molecule has 2 atom stereocenters. The van der Waals surface area contributed by atoms with E-state index in [0.717, 1.165) is 16.2 Å². The van der Waals surface area contributed by atoms with Crippen LogP contribution in [-0.4, -0.2) is 51.2 Å². The monoisotopic (exact) mass is 472 g/mol. The second kappa shape index (κ2) is 8.32. The van der Waals surface area contributed by atoms with Crippen LogP contribution in [0.3, 0.4) is 0 Å². The van der Waals surface area contributed by atoms with Crippen LogP contribution < -0.4 is 15.2 Å². The van der Waals surface area contributed by atoms with E-state index in [2.05, 4.69) is 9.97 Å². The van der Waals surface area contributed by atoms with Gasteiger partial charge in [0.2, 0.25) is 5.95 Å². The number of hydrogen-bond acceptors (Lipinski definition) is 7. The minimum Gasteiger partial charge on any atom is -0.610 e. The quantitative estimate of drug-likeness (QED) is 0.531. The molecule has 1 unspecified atom stereocenters. The van der Waals surface area contributed by atoms with E-state index in [9.17, 15) is 22.5 Å². The molecular formula is C19H19F3N4O3S2. The fourth-order valence-corrected chi connectivity index (χ4v) is 5.21. The Hall–Kier alpha value is -2.31. The summed E-state index contributed by atoms with van der Waals surface area (Å²) in [6.45, 7) is 0.153. The van der Waals surface area contributed by atoms with Crippen molar-refractivity contribution in [3.05, 3.63) is 40.2 Å². The van der Waals surface area contributed by atoms with Gasteiger partial charge in [-0.3, -0.25) is 9.36 Å². The van der Waals surface area contributed by atoms with Crippen molar-refractivity contribution in [2.75, 3.05) is 24.8 Å². The fourth-order valence-electron chi connectivity index (χ4n) is 3.62. The van der Waals surface area contributed by atoms with Gasteiger partial charge in [0.25, 0.3) is 5.56 Å². The van der Waals surface area contributed by atoms with Gasteiger partial charge in [-0.15, -0.1) is 0 Å². The average molecular weight is 473 g/mol. The summed E-state index contributed by atoms with van der Waals surface area (Å²) >= 11 is -0.475. The summed E-state index contributed by atoms with van der Waals surface area (Å²) in [5.74, 6) is 0.571. The molecule has 1 fully saturated rings. The molecule has 12 heteroatoms. The van der Waals surface area contributed by atoms with E-state index < -0.39 is 29.0 Å². The van der Waals surface area contributed by atoms with Gasteiger partial charge in [-0.25, -0.2) is 4.98 Å². The van der Waals surface area contributed by atoms with Crippen LogP contribution in [0.5, 0.6) is 5.75 Å². The molecule has 1 aliphatic rings. The lowest BCUT2D eigenvalue weighted by molar-refractivity contribution is -0.146. The van der Waals surface area contributed by atoms with Crippen molar-refractivity contribution in [2.45, 2.75) is 35.9 Å². The number of alkyl halides is 3. The van der Waals surface area contributed by atoms with Crippen molar-refractivity contribution in [3.63, 3.8) is 0 Å². The number of aromatic nitrogens is 3. The largest absolute Gasteiger partial charge is 0.610 e. The smallest absolute Gasteiger partial charge is 0.408 e. The topological polar surface area (TPSA) is 83.3 Å². The molecule has 4 rings (SSSR count). The molecule has 0 amide bonds. The number of anilines is 1. The van der Waals surface area contributed by atoms with Crippen molar-refractivity contribution in [1.82, 2.24) is 14.5 Å². The predicted octanol–water partition coefficient (Wildman–Crippen LogP) is 3.18. The van der Waals surface area contributed by atoms with E-state index in [1.807, 2.05) is 0 Å². The number of nitrogens with zero attached hydrogens (tertiary/aromatic N) is 4. The number of hydrogen-bond donors (Lipinski definition) is 0. The second-order valence-corrected chi connectivity index (χ2v) is 9.66. The molecule has 3 heterocycles. The summed E-state index contributed by atoms with van der Waals surface area (Å²) in [5.41, 5.74) is 0.148. The lowest BCUT2D eigenvalue weighted by Crippen LogP contribution is -2.44. The number of fused-ring (bicyclic) bond motifs is 1. The number of methoxy groups -OCH3 is 1. The molecule has 0 N–H and O–H groups in total. The van der Waals surface area contributed by atoms with Gasteiger partial charge in [-0.05, 0) is 41.9 Å². The Kier molecular flexibility index (Phi) is 5.88. The van der Waals surface area contributed by atoms with Crippen LogP contribution in [0, 0.1) is 0 Å². The van der Waals surface area contributed by atoms with Gasteiger partial charge < -0.3 is 14.2 Å². The summed E-state index contributed by atoms with van der Waals surface area (Å²) < 4.78 is 59.3. The van der Waals surface area contributed by atoms with Crippen LogP contribution in [0.15, 0.2) is 33.4 Å². The molecule has 7 nitrogen and oxygen atoms in total. The van der Waals surface area contributed by atoms with Crippen LogP contribution in [0.2, 0.25) is 0 Å². The van der Waals surface area contributed by atoms with Gasteiger partial charge in [-0.2, -0.15) is 18.2 Å². The summed E-state index contributed by atoms with van der Waals surface area (Å²) in [6, 6.07) is 5.17. The van der Waals surface area contributed by atoms with Gasteiger partial charge in [0.05, 0.1) is 13.7 Å². The summed E-state index contributed by atoms with van der Waals surface area (Å²) in [7, 11) is 1.53. The van der Waals surface area contributed by atoms with Crippen molar-refractivity contribution >= 4 is 38.8 Å². The van der Waals surface area contributed by atoms with E-state index in [-0.39, 0.29) is 40.1 Å². The van der Waals surface area contributed by atoms with E-state index in [1.165, 1.54) is 17.9 Å². The highest BCUT2D eigenvalue weighted by Crippen LogP contribution is 2.36. The van der Waals surface area contributed by atoms with Crippen molar-refractivity contribution in [3.8, 4) is 5.75 Å². The van der Waals surface area contributed by atoms with Gasteiger partial charge in [-0.1, -0.05) is 12.1 Å². The molecule has 0 radical (unpaired) electrons. The number of thiazole rings is 1. The molecule has 3 aromatic rings. The summed E-state index contributed by atoms with van der Waals surface area (Å²) in [5, 5.41) is 0. The zero-order valence-electron chi connectivity index (χ0n) is 16.7. The molecule has 1 aromatic carbocycles. The zero-order chi connectivity index (χ0) is 22.3. The molecule has 31 heavy (non-hydrogen) atoms. The third-order valence-electron chi connectivity index (χ3n) is 5.11. The molecule has 0 spiro atoms. The Labute approximate surface area is 182 Å². The lowest BCUT2D eigenvalue weighted by atomic mass is 10.2. The molecule has 0 saturated carbocycles. The molecule has 1 saturated heterocycles. The van der Waals surface area contributed by atoms with Crippen molar-refractivity contribution in [1.29, 1.82) is 0 Å². The highest BCUT2D eigenvalue weighted by Gasteiger charge is 2.47. The van der Waals surface area contributed by atoms with E-state index >= 15 is 0 Å². The number of halogens is 3. The fraction of sp³-hybridized carbons (Fsp3) is 0.421. The minimum atomic E-state index is -4.45. The lowest BCUT2D eigenvalue weighted by Gasteiger charge is -2.29. The van der Waals surface area contributed by atoms with Gasteiger partial charge in [0.1, 0.15) is 18.0 Å². The van der Waals surface area contributed by atoms with Gasteiger partial charge in [0.15, 0.2) is 10.3 Å². The molecule has 2 aromatic heterocycles. The normalized spacial score (nSPS) is 18.0. The van der Waals surface area contributed by atoms with E-state index in [4.69, 9.17) is 4.74 Å². The first-order chi connectivity index (χ1) is 14.7. The Balaban J connectivity index is 1.87. The van der Waals surface area contributed by atoms with Gasteiger partial charge in [0, 0.05) is 17.7 Å². The maximum Gasteiger partial charge on any atom is 0.408 e. The number of benzene rings is 1. The summed E-state index contributed by atoms with van der Waals surface area (Å²) in [6.07, 6.45) is -2.74. The molecule has 1 aliphatic heterocycles. The standard InChI is InChI=1S/C19H19F3N4O3S2/c1-29-12-7-5-11(6-8-12)10-26-16(27)14-15(30-18(23-14)31(2)28)24-17(26)25-9-3-4-13(25)19(20,21)22/h5-8,13H,3-4,9-10H2,1-2H3/t13-,31?/m0/s1. The Morgan fingerprint density at radius 3 is 2.61 bits per heavy atom. The molecule has 166 valence electrons. The van der Waals surface area contributed by atoms with Crippen LogP contribution in [0.1, 0.15) is 18.4 Å². The Bertz CT molecular complexity index is 1150. The number of rotatable bonds is 5. The van der Waals surface area contributed by atoms with Crippen LogP contribution >= 0.6 is 11.3 Å². The first-order valence-corrected chi connectivity index (χ1v) is 11.8. The van der Waals surface area contributed by atoms with E-state index in [1.54, 1.807) is 24.3 Å². The van der Waals surface area contributed by atoms with Crippen LogP contribution in [-0.2, 0) is 17.7 Å². The highest BCUT2D eigenvalue weighted by atomic mass is 32.2. The predicted molar refractivity (Wildman–Crippen MR) is 113 cm³/mol. The van der Waals surface area contributed by atoms with Crippen molar-refractivity contribution in [2.24, 2.45) is 0 Å². The second-order valence-electron chi connectivity index (χ2n) is 7.13. The maximum atomic E-state index is 13.6. The Morgan fingerprint density at radius 2 is 2.00 bits per heavy atom. The number of ether oxygens (including phenoxy) is 1. The molecular weight excluding hydrogens is 453 g/mol. The van der Waals surface area contributed by atoms with E-state index in [0.29, 0.717) is 17.7 Å². The minimum absolute atomic E-state index is 0.00946. The zero-order valence-corrected chi connectivity index (χ0v) is 18.3. The molecule has 0 aliphatic carbocycles. The van der Waals surface area contributed by atoms with Crippen molar-refractivity contribution < 1.29 is 22.5 Å².